The number of nitrogens with zero attached hydrogens (tertiary/aromatic N) is 1. The molecule has 0 aliphatic heterocycles. The molecule has 2 aromatic heterocycles. The molecule has 5 aromatic rings. The van der Waals surface area contributed by atoms with Crippen molar-refractivity contribution in [2.75, 3.05) is 6.54 Å². The molecule has 3 aromatic carbocycles. The molecule has 0 fully saturated rings. The molecule has 36 heavy (non-hydrogen) atoms. The van der Waals surface area contributed by atoms with E-state index in [2.05, 4.69) is 39.6 Å². The highest BCUT2D eigenvalue weighted by atomic mass is 16.5. The number of ether oxygens (including phenoxy) is 1. The number of benzene rings is 3. The summed E-state index contributed by atoms with van der Waals surface area (Å²) in [6.07, 6.45) is 4.86. The van der Waals surface area contributed by atoms with Gasteiger partial charge in [-0.3, -0.25) is 9.78 Å². The molecule has 1 amide bonds. The van der Waals surface area contributed by atoms with E-state index in [0.717, 1.165) is 39.0 Å². The van der Waals surface area contributed by atoms with E-state index in [1.54, 1.807) is 6.20 Å². The van der Waals surface area contributed by atoms with Crippen LogP contribution in [0, 0.1) is 0 Å². The lowest BCUT2D eigenvalue weighted by Crippen LogP contribution is -2.27. The number of para-hydroxylation sites is 1. The van der Waals surface area contributed by atoms with Crippen molar-refractivity contribution in [2.24, 2.45) is 0 Å². The van der Waals surface area contributed by atoms with Crippen LogP contribution in [0.5, 0.6) is 5.75 Å². The molecule has 180 valence electrons. The van der Waals surface area contributed by atoms with Gasteiger partial charge in [-0.25, -0.2) is 0 Å². The van der Waals surface area contributed by atoms with Crippen molar-refractivity contribution < 1.29 is 9.53 Å². The van der Waals surface area contributed by atoms with Crippen LogP contribution in [-0.2, 0) is 17.8 Å². The summed E-state index contributed by atoms with van der Waals surface area (Å²) in [4.78, 5) is 20.7. The lowest BCUT2D eigenvalue weighted by Gasteiger charge is -2.18. The van der Waals surface area contributed by atoms with E-state index in [1.807, 2.05) is 79.0 Å². The molecular weight excluding hydrogens is 446 g/mol. The van der Waals surface area contributed by atoms with E-state index in [4.69, 9.17) is 4.74 Å². The molecule has 0 aliphatic carbocycles. The van der Waals surface area contributed by atoms with Crippen LogP contribution < -0.4 is 10.1 Å². The van der Waals surface area contributed by atoms with Crippen LogP contribution in [0.3, 0.4) is 0 Å². The number of nitrogens with one attached hydrogen (secondary N) is 2. The number of fused-ring (bicyclic) bond motifs is 1. The van der Waals surface area contributed by atoms with Gasteiger partial charge in [0.1, 0.15) is 12.4 Å². The predicted octanol–water partition coefficient (Wildman–Crippen LogP) is 6.02. The molecular formula is C31H29N3O2. The van der Waals surface area contributed by atoms with Gasteiger partial charge in [-0.2, -0.15) is 0 Å². The SMILES string of the molecule is O=C(CC(c1ccc(OCc2ccccc2)cc1)c1c[nH]c2ccccc12)NCCc1ccccn1. The molecule has 1 atom stereocenters. The van der Waals surface area contributed by atoms with Crippen LogP contribution in [0.4, 0.5) is 0 Å². The summed E-state index contributed by atoms with van der Waals surface area (Å²) >= 11 is 0. The molecule has 0 saturated carbocycles. The number of rotatable bonds is 10. The first-order valence-electron chi connectivity index (χ1n) is 12.3. The minimum Gasteiger partial charge on any atom is -0.489 e. The number of H-pyrrole nitrogens is 1. The predicted molar refractivity (Wildman–Crippen MR) is 143 cm³/mol. The normalized spacial score (nSPS) is 11.8. The van der Waals surface area contributed by atoms with Gasteiger partial charge in [0.2, 0.25) is 5.91 Å². The maximum atomic E-state index is 13.0. The summed E-state index contributed by atoms with van der Waals surface area (Å²) in [7, 11) is 0. The van der Waals surface area contributed by atoms with Gasteiger partial charge in [-0.05, 0) is 47.0 Å². The summed E-state index contributed by atoms with van der Waals surface area (Å²) in [5, 5.41) is 4.21. The fraction of sp³-hybridized carbons (Fsp3) is 0.161. The van der Waals surface area contributed by atoms with E-state index in [9.17, 15) is 4.79 Å². The third-order valence-electron chi connectivity index (χ3n) is 6.35. The number of carbonyl (C=O) groups excluding carboxylic acids is 1. The van der Waals surface area contributed by atoms with E-state index >= 15 is 0 Å². The third kappa shape index (κ3) is 5.81. The summed E-state index contributed by atoms with van der Waals surface area (Å²) in [5.74, 6) is 0.741. The van der Waals surface area contributed by atoms with Crippen molar-refractivity contribution in [1.82, 2.24) is 15.3 Å². The van der Waals surface area contributed by atoms with Crippen LogP contribution in [0.25, 0.3) is 10.9 Å². The lowest BCUT2D eigenvalue weighted by atomic mass is 9.88. The Hall–Kier alpha value is -4.38. The smallest absolute Gasteiger partial charge is 0.220 e. The molecule has 5 nitrogen and oxygen atoms in total. The van der Waals surface area contributed by atoms with Gasteiger partial charge in [0, 0.05) is 54.3 Å². The van der Waals surface area contributed by atoms with Crippen LogP contribution in [-0.4, -0.2) is 22.4 Å². The first-order valence-corrected chi connectivity index (χ1v) is 12.3. The Kier molecular flexibility index (Phi) is 7.38. The molecule has 0 bridgehead atoms. The number of hydrogen-bond acceptors (Lipinski definition) is 3. The van der Waals surface area contributed by atoms with Crippen molar-refractivity contribution >= 4 is 16.8 Å². The van der Waals surface area contributed by atoms with Crippen molar-refractivity contribution in [3.05, 3.63) is 132 Å². The van der Waals surface area contributed by atoms with Crippen molar-refractivity contribution in [1.29, 1.82) is 0 Å². The van der Waals surface area contributed by atoms with Gasteiger partial charge in [-0.1, -0.05) is 66.7 Å². The molecule has 0 spiro atoms. The quantitative estimate of drug-likeness (QED) is 0.259. The van der Waals surface area contributed by atoms with Crippen LogP contribution in [0.15, 0.2) is 109 Å². The summed E-state index contributed by atoms with van der Waals surface area (Å²) in [5.41, 5.74) is 5.35. The summed E-state index contributed by atoms with van der Waals surface area (Å²) < 4.78 is 5.97. The van der Waals surface area contributed by atoms with Crippen LogP contribution >= 0.6 is 0 Å². The van der Waals surface area contributed by atoms with Gasteiger partial charge in [0.05, 0.1) is 0 Å². The molecule has 0 aliphatic rings. The van der Waals surface area contributed by atoms with E-state index in [0.29, 0.717) is 26.0 Å². The zero-order valence-electron chi connectivity index (χ0n) is 20.1. The molecule has 5 heteroatoms. The van der Waals surface area contributed by atoms with E-state index in [1.165, 1.54) is 0 Å². The number of carbonyl (C=O) groups is 1. The number of amides is 1. The summed E-state index contributed by atoms with van der Waals surface area (Å²) in [6, 6.07) is 32.3. The Bertz CT molecular complexity index is 1400. The molecule has 0 saturated heterocycles. The number of hydrogen-bond donors (Lipinski definition) is 2. The lowest BCUT2D eigenvalue weighted by molar-refractivity contribution is -0.121. The average molecular weight is 476 g/mol. The minimum atomic E-state index is -0.0841. The largest absolute Gasteiger partial charge is 0.489 e. The van der Waals surface area contributed by atoms with E-state index < -0.39 is 0 Å². The molecule has 2 heterocycles. The topological polar surface area (TPSA) is 67.0 Å². The number of pyridine rings is 1. The Balaban J connectivity index is 1.31. The minimum absolute atomic E-state index is 0.0191. The zero-order valence-corrected chi connectivity index (χ0v) is 20.1. The number of aromatic nitrogens is 2. The number of aromatic amines is 1. The Morgan fingerprint density at radius 2 is 1.67 bits per heavy atom. The van der Waals surface area contributed by atoms with E-state index in [-0.39, 0.29) is 11.8 Å². The Morgan fingerprint density at radius 1 is 0.889 bits per heavy atom. The second-order valence-corrected chi connectivity index (χ2v) is 8.81. The fourth-order valence-electron chi connectivity index (χ4n) is 4.46. The van der Waals surface area contributed by atoms with Crippen LogP contribution in [0.2, 0.25) is 0 Å². The van der Waals surface area contributed by atoms with Gasteiger partial charge in [0.15, 0.2) is 0 Å². The fourth-order valence-corrected chi connectivity index (χ4v) is 4.46. The highest BCUT2D eigenvalue weighted by molar-refractivity contribution is 5.86. The molecule has 5 rings (SSSR count). The standard InChI is InChI=1S/C31H29N3O2/c35-31(33-19-17-25-10-6-7-18-32-25)20-28(29-21-34-30-12-5-4-11-27(29)30)24-13-15-26(16-14-24)36-22-23-8-2-1-3-9-23/h1-16,18,21,28,34H,17,19-20,22H2,(H,33,35). The maximum absolute atomic E-state index is 13.0. The molecule has 1 unspecified atom stereocenters. The van der Waals surface area contributed by atoms with Crippen LogP contribution in [0.1, 0.15) is 34.7 Å². The molecule has 2 N–H and O–H groups in total. The average Bonchev–Trinajstić information content (AvgIpc) is 3.36. The highest BCUT2D eigenvalue weighted by Gasteiger charge is 2.21. The highest BCUT2D eigenvalue weighted by Crippen LogP contribution is 2.34. The van der Waals surface area contributed by atoms with Gasteiger partial charge in [0.25, 0.3) is 0 Å². The zero-order chi connectivity index (χ0) is 24.6. The Morgan fingerprint density at radius 3 is 2.47 bits per heavy atom. The third-order valence-corrected chi connectivity index (χ3v) is 6.35. The maximum Gasteiger partial charge on any atom is 0.220 e. The van der Waals surface area contributed by atoms with Crippen molar-refractivity contribution in [3.63, 3.8) is 0 Å². The summed E-state index contributed by atoms with van der Waals surface area (Å²) in [6.45, 7) is 1.08. The second kappa shape index (κ2) is 11.4. The molecule has 0 radical (unpaired) electrons. The first kappa shape index (κ1) is 23.4. The Labute approximate surface area is 211 Å². The first-order chi connectivity index (χ1) is 17.8. The monoisotopic (exact) mass is 475 g/mol. The van der Waals surface area contributed by atoms with Crippen molar-refractivity contribution in [2.45, 2.75) is 25.4 Å². The van der Waals surface area contributed by atoms with Gasteiger partial charge in [-0.15, -0.1) is 0 Å². The second-order valence-electron chi connectivity index (χ2n) is 8.81. The van der Waals surface area contributed by atoms with Gasteiger partial charge < -0.3 is 15.0 Å². The van der Waals surface area contributed by atoms with Gasteiger partial charge >= 0.3 is 0 Å². The van der Waals surface area contributed by atoms with Crippen molar-refractivity contribution in [3.8, 4) is 5.75 Å².